The van der Waals surface area contributed by atoms with E-state index in [1.54, 1.807) is 12.1 Å². The molecule has 3 aromatic rings. The van der Waals surface area contributed by atoms with Crippen LogP contribution >= 0.6 is 0 Å². The van der Waals surface area contributed by atoms with E-state index in [2.05, 4.69) is 23.7 Å². The Hall–Kier alpha value is -2.53. The Kier molecular flexibility index (Phi) is 4.71. The molecule has 3 rings (SSSR count). The molecule has 126 valence electrons. The van der Waals surface area contributed by atoms with Crippen molar-refractivity contribution in [1.82, 2.24) is 9.88 Å². The van der Waals surface area contributed by atoms with Crippen molar-refractivity contribution < 1.29 is 14.3 Å². The summed E-state index contributed by atoms with van der Waals surface area (Å²) in [5.74, 6) is 0.797. The van der Waals surface area contributed by atoms with E-state index in [1.165, 1.54) is 6.26 Å². The molecule has 0 aliphatic heterocycles. The van der Waals surface area contributed by atoms with Gasteiger partial charge < -0.3 is 19.4 Å². The van der Waals surface area contributed by atoms with E-state index in [1.807, 2.05) is 30.5 Å². The number of carbonyl (C=O) groups is 1. The minimum atomic E-state index is -0.556. The van der Waals surface area contributed by atoms with Crippen molar-refractivity contribution in [2.24, 2.45) is 5.92 Å². The van der Waals surface area contributed by atoms with E-state index < -0.39 is 6.04 Å². The summed E-state index contributed by atoms with van der Waals surface area (Å²) in [6.07, 6.45) is 3.41. The second-order valence-electron chi connectivity index (χ2n) is 6.33. The maximum atomic E-state index is 12.7. The van der Waals surface area contributed by atoms with Crippen LogP contribution in [0.3, 0.4) is 0 Å². The van der Waals surface area contributed by atoms with Crippen LogP contribution in [0.2, 0.25) is 0 Å². The number of aromatic nitrogens is 1. The maximum Gasteiger partial charge on any atom is 0.254 e. The fourth-order valence-corrected chi connectivity index (χ4v) is 2.90. The van der Waals surface area contributed by atoms with Crippen LogP contribution in [0.5, 0.6) is 0 Å². The Morgan fingerprint density at radius 3 is 2.71 bits per heavy atom. The zero-order valence-corrected chi connectivity index (χ0v) is 13.9. The summed E-state index contributed by atoms with van der Waals surface area (Å²) in [6.45, 7) is 4.92. The molecule has 0 radical (unpaired) electrons. The van der Waals surface area contributed by atoms with Gasteiger partial charge in [0, 0.05) is 23.6 Å². The third-order valence-corrected chi connectivity index (χ3v) is 3.97. The van der Waals surface area contributed by atoms with Crippen LogP contribution in [0.25, 0.3) is 10.9 Å². The Morgan fingerprint density at radius 1 is 1.25 bits per heavy atom. The number of para-hydroxylation sites is 1. The van der Waals surface area contributed by atoms with Gasteiger partial charge in [-0.05, 0) is 24.1 Å². The molecule has 0 aliphatic rings. The number of nitrogens with one attached hydrogen (secondary N) is 1. The summed E-state index contributed by atoms with van der Waals surface area (Å²) in [4.78, 5) is 12.7. The smallest absolute Gasteiger partial charge is 0.254 e. The highest BCUT2D eigenvalue weighted by Gasteiger charge is 2.20. The van der Waals surface area contributed by atoms with E-state index in [0.717, 1.165) is 17.4 Å². The van der Waals surface area contributed by atoms with Crippen molar-refractivity contribution in [3.63, 3.8) is 0 Å². The van der Waals surface area contributed by atoms with Gasteiger partial charge in [-0.15, -0.1) is 0 Å². The second-order valence-corrected chi connectivity index (χ2v) is 6.33. The fraction of sp³-hybridized carbons (Fsp3) is 0.316. The molecule has 1 atom stereocenters. The van der Waals surface area contributed by atoms with Gasteiger partial charge in [0.25, 0.3) is 5.91 Å². The molecule has 0 aliphatic carbocycles. The van der Waals surface area contributed by atoms with Gasteiger partial charge in [-0.25, -0.2) is 0 Å². The first kappa shape index (κ1) is 16.3. The van der Waals surface area contributed by atoms with E-state index >= 15 is 0 Å². The Balaban J connectivity index is 1.92. The Bertz CT molecular complexity index is 818. The summed E-state index contributed by atoms with van der Waals surface area (Å²) >= 11 is 0. The van der Waals surface area contributed by atoms with Gasteiger partial charge in [0.15, 0.2) is 0 Å². The summed E-state index contributed by atoms with van der Waals surface area (Å²) in [7, 11) is 0. The Morgan fingerprint density at radius 2 is 2.04 bits per heavy atom. The lowest BCUT2D eigenvalue weighted by atomic mass is 10.1. The standard InChI is InChI=1S/C19H22N2O3/c1-13(2)10-21-11-15(14-6-3-4-7-17(14)21)19(23)20-16(12-22)18-8-5-9-24-18/h3-9,11,13,16,22H,10,12H2,1-2H3,(H,20,23). The van der Waals surface area contributed by atoms with Crippen LogP contribution in [-0.4, -0.2) is 22.2 Å². The van der Waals surface area contributed by atoms with Crippen LogP contribution < -0.4 is 5.32 Å². The molecule has 1 aromatic carbocycles. The van der Waals surface area contributed by atoms with Gasteiger partial charge in [-0.1, -0.05) is 32.0 Å². The van der Waals surface area contributed by atoms with Crippen LogP contribution in [0.4, 0.5) is 0 Å². The average molecular weight is 326 g/mol. The molecule has 0 bridgehead atoms. The summed E-state index contributed by atoms with van der Waals surface area (Å²) < 4.78 is 7.40. The zero-order chi connectivity index (χ0) is 17.1. The first-order valence-electron chi connectivity index (χ1n) is 8.13. The van der Waals surface area contributed by atoms with Crippen molar-refractivity contribution in [2.45, 2.75) is 26.4 Å². The number of fused-ring (bicyclic) bond motifs is 1. The number of hydrogen-bond donors (Lipinski definition) is 2. The highest BCUT2D eigenvalue weighted by atomic mass is 16.3. The lowest BCUT2D eigenvalue weighted by Gasteiger charge is -2.13. The van der Waals surface area contributed by atoms with Crippen LogP contribution in [0.1, 0.15) is 36.0 Å². The third-order valence-electron chi connectivity index (χ3n) is 3.97. The molecule has 5 heteroatoms. The van der Waals surface area contributed by atoms with E-state index in [4.69, 9.17) is 4.42 Å². The quantitative estimate of drug-likeness (QED) is 0.730. The van der Waals surface area contributed by atoms with Crippen LogP contribution in [0, 0.1) is 5.92 Å². The van der Waals surface area contributed by atoms with Gasteiger partial charge >= 0.3 is 0 Å². The minimum absolute atomic E-state index is 0.218. The Labute approximate surface area is 140 Å². The predicted molar refractivity (Wildman–Crippen MR) is 92.8 cm³/mol. The number of hydrogen-bond acceptors (Lipinski definition) is 3. The predicted octanol–water partition coefficient (Wildman–Crippen LogP) is 3.35. The normalized spacial score (nSPS) is 12.7. The number of amides is 1. The summed E-state index contributed by atoms with van der Waals surface area (Å²) in [5.41, 5.74) is 1.64. The summed E-state index contributed by atoms with van der Waals surface area (Å²) in [5, 5.41) is 13.3. The summed E-state index contributed by atoms with van der Waals surface area (Å²) in [6, 6.07) is 10.8. The molecule has 0 saturated heterocycles. The molecule has 0 spiro atoms. The van der Waals surface area contributed by atoms with E-state index in [9.17, 15) is 9.90 Å². The third kappa shape index (κ3) is 3.21. The maximum absolute atomic E-state index is 12.7. The molecule has 5 nitrogen and oxygen atoms in total. The van der Waals surface area contributed by atoms with Crippen molar-refractivity contribution in [1.29, 1.82) is 0 Å². The SMILES string of the molecule is CC(C)Cn1cc(C(=O)NC(CO)c2ccco2)c2ccccc21. The molecule has 1 unspecified atom stereocenters. The molecule has 0 fully saturated rings. The van der Waals surface area contributed by atoms with Gasteiger partial charge in [-0.2, -0.15) is 0 Å². The molecule has 24 heavy (non-hydrogen) atoms. The lowest BCUT2D eigenvalue weighted by molar-refractivity contribution is 0.0908. The fourth-order valence-electron chi connectivity index (χ4n) is 2.90. The molecule has 2 heterocycles. The first-order chi connectivity index (χ1) is 11.6. The van der Waals surface area contributed by atoms with Crippen molar-refractivity contribution >= 4 is 16.8 Å². The molecule has 2 aromatic heterocycles. The van der Waals surface area contributed by atoms with Gasteiger partial charge in [0.05, 0.1) is 18.4 Å². The number of aliphatic hydroxyl groups is 1. The monoisotopic (exact) mass is 326 g/mol. The lowest BCUT2D eigenvalue weighted by Crippen LogP contribution is -2.30. The molecule has 0 saturated carbocycles. The first-order valence-corrected chi connectivity index (χ1v) is 8.13. The average Bonchev–Trinajstić information content (AvgIpc) is 3.21. The minimum Gasteiger partial charge on any atom is -0.467 e. The largest absolute Gasteiger partial charge is 0.467 e. The highest BCUT2D eigenvalue weighted by molar-refractivity contribution is 6.07. The van der Waals surface area contributed by atoms with E-state index in [0.29, 0.717) is 17.2 Å². The molecular formula is C19H22N2O3. The molecular weight excluding hydrogens is 304 g/mol. The number of aliphatic hydroxyl groups excluding tert-OH is 1. The number of carbonyl (C=O) groups excluding carboxylic acids is 1. The number of benzene rings is 1. The van der Waals surface area contributed by atoms with E-state index in [-0.39, 0.29) is 12.5 Å². The van der Waals surface area contributed by atoms with Crippen LogP contribution in [-0.2, 0) is 6.54 Å². The number of rotatable bonds is 6. The topological polar surface area (TPSA) is 67.4 Å². The molecule has 2 N–H and O–H groups in total. The van der Waals surface area contributed by atoms with Gasteiger partial charge in [0.2, 0.25) is 0 Å². The van der Waals surface area contributed by atoms with Crippen LogP contribution in [0.15, 0.2) is 53.3 Å². The number of furan rings is 1. The second kappa shape index (κ2) is 6.93. The zero-order valence-electron chi connectivity index (χ0n) is 13.9. The molecule has 1 amide bonds. The van der Waals surface area contributed by atoms with Gasteiger partial charge in [0.1, 0.15) is 11.8 Å². The van der Waals surface area contributed by atoms with Crippen molar-refractivity contribution in [3.05, 3.63) is 60.2 Å². The number of nitrogens with zero attached hydrogens (tertiary/aromatic N) is 1. The highest BCUT2D eigenvalue weighted by Crippen LogP contribution is 2.23. The van der Waals surface area contributed by atoms with Crippen molar-refractivity contribution in [2.75, 3.05) is 6.61 Å². The van der Waals surface area contributed by atoms with Gasteiger partial charge in [-0.3, -0.25) is 4.79 Å². The van der Waals surface area contributed by atoms with Crippen molar-refractivity contribution in [3.8, 4) is 0 Å².